The molecule has 0 saturated carbocycles. The van der Waals surface area contributed by atoms with E-state index in [2.05, 4.69) is 40.2 Å². The molecule has 0 aliphatic carbocycles. The van der Waals surface area contributed by atoms with Crippen molar-refractivity contribution in [2.24, 2.45) is 0 Å². The molecular weight excluding hydrogens is 320 g/mol. The number of fused-ring (bicyclic) bond motifs is 1. The second-order valence-electron chi connectivity index (χ2n) is 4.91. The van der Waals surface area contributed by atoms with Crippen LogP contribution in [0.25, 0.3) is 10.8 Å². The maximum atomic E-state index is 5.89. The van der Waals surface area contributed by atoms with E-state index in [1.807, 2.05) is 19.1 Å². The van der Waals surface area contributed by atoms with Crippen molar-refractivity contribution in [2.75, 3.05) is 20.3 Å². The predicted molar refractivity (Wildman–Crippen MR) is 82.5 cm³/mol. The molecule has 1 aliphatic heterocycles. The van der Waals surface area contributed by atoms with E-state index < -0.39 is 5.79 Å². The molecule has 2 aromatic rings. The van der Waals surface area contributed by atoms with Crippen molar-refractivity contribution in [3.8, 4) is 5.75 Å². The highest BCUT2D eigenvalue weighted by molar-refractivity contribution is 9.09. The van der Waals surface area contributed by atoms with Gasteiger partial charge in [0.2, 0.25) is 5.79 Å². The average molecular weight is 337 g/mol. The SMILES string of the molecule is COc1ccc2cc(C3([C@H](C)Br)OCCO3)ccc2c1. The van der Waals surface area contributed by atoms with Gasteiger partial charge in [0, 0.05) is 5.56 Å². The van der Waals surface area contributed by atoms with Crippen molar-refractivity contribution in [3.05, 3.63) is 42.0 Å². The lowest BCUT2D eigenvalue weighted by Gasteiger charge is -2.30. The summed E-state index contributed by atoms with van der Waals surface area (Å²) in [6.45, 7) is 3.29. The van der Waals surface area contributed by atoms with Gasteiger partial charge in [-0.05, 0) is 35.9 Å². The first-order valence-corrected chi connectivity index (χ1v) is 7.57. The molecule has 1 heterocycles. The second-order valence-corrected chi connectivity index (χ2v) is 6.28. The van der Waals surface area contributed by atoms with E-state index in [0.717, 1.165) is 22.1 Å². The monoisotopic (exact) mass is 336 g/mol. The Balaban J connectivity index is 2.08. The summed E-state index contributed by atoms with van der Waals surface area (Å²) < 4.78 is 17.0. The normalized spacial score (nSPS) is 19.1. The summed E-state index contributed by atoms with van der Waals surface area (Å²) in [5.41, 5.74) is 1.04. The van der Waals surface area contributed by atoms with Crippen molar-refractivity contribution in [1.82, 2.24) is 0 Å². The Morgan fingerprint density at radius 3 is 2.40 bits per heavy atom. The standard InChI is InChI=1S/C16H17BrO3/c1-11(17)16(19-7-8-20-16)14-5-3-13-10-15(18-2)6-4-12(13)9-14/h3-6,9-11H,7-8H2,1-2H3/t11-/m0/s1. The molecule has 20 heavy (non-hydrogen) atoms. The van der Waals surface area contributed by atoms with Gasteiger partial charge in [-0.2, -0.15) is 0 Å². The summed E-state index contributed by atoms with van der Waals surface area (Å²) in [6.07, 6.45) is 0. The number of halogens is 1. The van der Waals surface area contributed by atoms with E-state index in [9.17, 15) is 0 Å². The van der Waals surface area contributed by atoms with Crippen LogP contribution in [0.3, 0.4) is 0 Å². The highest BCUT2D eigenvalue weighted by Gasteiger charge is 2.42. The predicted octanol–water partition coefficient (Wildman–Crippen LogP) is 3.83. The van der Waals surface area contributed by atoms with Crippen LogP contribution in [0.2, 0.25) is 0 Å². The molecule has 1 aliphatic rings. The van der Waals surface area contributed by atoms with Crippen molar-refractivity contribution in [1.29, 1.82) is 0 Å². The average Bonchev–Trinajstić information content (AvgIpc) is 2.97. The van der Waals surface area contributed by atoms with Gasteiger partial charge >= 0.3 is 0 Å². The fraction of sp³-hybridized carbons (Fsp3) is 0.375. The Kier molecular flexibility index (Phi) is 3.71. The Hall–Kier alpha value is -1.10. The van der Waals surface area contributed by atoms with E-state index >= 15 is 0 Å². The molecule has 106 valence electrons. The lowest BCUT2D eigenvalue weighted by molar-refractivity contribution is -0.161. The third-order valence-electron chi connectivity index (χ3n) is 3.69. The highest BCUT2D eigenvalue weighted by atomic mass is 79.9. The molecule has 3 rings (SSSR count). The van der Waals surface area contributed by atoms with Gasteiger partial charge in [0.1, 0.15) is 5.75 Å². The maximum Gasteiger partial charge on any atom is 0.207 e. The van der Waals surface area contributed by atoms with Gasteiger partial charge in [-0.25, -0.2) is 0 Å². The zero-order chi connectivity index (χ0) is 14.2. The lowest BCUT2D eigenvalue weighted by atomic mass is 9.99. The number of hydrogen-bond donors (Lipinski definition) is 0. The number of rotatable bonds is 3. The Labute approximate surface area is 127 Å². The molecule has 1 atom stereocenters. The minimum atomic E-state index is -0.686. The number of methoxy groups -OCH3 is 1. The smallest absolute Gasteiger partial charge is 0.207 e. The highest BCUT2D eigenvalue weighted by Crippen LogP contribution is 2.39. The third kappa shape index (κ3) is 2.22. The molecule has 0 spiro atoms. The van der Waals surface area contributed by atoms with Crippen LogP contribution < -0.4 is 4.74 Å². The third-order valence-corrected chi connectivity index (χ3v) is 4.29. The van der Waals surface area contributed by atoms with Gasteiger partial charge in [0.15, 0.2) is 0 Å². The van der Waals surface area contributed by atoms with Gasteiger partial charge in [0.05, 0.1) is 25.2 Å². The molecule has 4 heteroatoms. The Morgan fingerprint density at radius 2 is 1.75 bits per heavy atom. The van der Waals surface area contributed by atoms with E-state index in [1.54, 1.807) is 7.11 Å². The summed E-state index contributed by atoms with van der Waals surface area (Å²) >= 11 is 3.61. The molecule has 1 fully saturated rings. The minimum absolute atomic E-state index is 0.0770. The fourth-order valence-corrected chi connectivity index (χ4v) is 3.15. The number of hydrogen-bond acceptors (Lipinski definition) is 3. The van der Waals surface area contributed by atoms with Gasteiger partial charge in [0.25, 0.3) is 0 Å². The minimum Gasteiger partial charge on any atom is -0.497 e. The van der Waals surface area contributed by atoms with Crippen LogP contribution in [0.1, 0.15) is 12.5 Å². The molecule has 1 saturated heterocycles. The molecule has 0 unspecified atom stereocenters. The van der Waals surface area contributed by atoms with Crippen molar-refractivity contribution >= 4 is 26.7 Å². The summed E-state index contributed by atoms with van der Waals surface area (Å²) in [5, 5.41) is 2.29. The van der Waals surface area contributed by atoms with Crippen molar-refractivity contribution in [3.63, 3.8) is 0 Å². The van der Waals surface area contributed by atoms with Crippen LogP contribution in [0.5, 0.6) is 5.75 Å². The van der Waals surface area contributed by atoms with Crippen LogP contribution in [-0.2, 0) is 15.3 Å². The molecule has 0 bridgehead atoms. The van der Waals surface area contributed by atoms with Crippen molar-refractivity contribution in [2.45, 2.75) is 17.5 Å². The zero-order valence-electron chi connectivity index (χ0n) is 11.6. The van der Waals surface area contributed by atoms with Crippen molar-refractivity contribution < 1.29 is 14.2 Å². The van der Waals surface area contributed by atoms with Crippen LogP contribution in [-0.4, -0.2) is 25.2 Å². The quantitative estimate of drug-likeness (QED) is 0.797. The van der Waals surface area contributed by atoms with Crippen LogP contribution in [0, 0.1) is 0 Å². The first-order chi connectivity index (χ1) is 9.65. The van der Waals surface area contributed by atoms with Crippen LogP contribution in [0.15, 0.2) is 36.4 Å². The first kappa shape index (κ1) is 13.9. The zero-order valence-corrected chi connectivity index (χ0v) is 13.1. The number of benzene rings is 2. The number of ether oxygens (including phenoxy) is 3. The summed E-state index contributed by atoms with van der Waals surface area (Å²) in [5.74, 6) is 0.177. The molecule has 3 nitrogen and oxygen atoms in total. The van der Waals surface area contributed by atoms with Crippen LogP contribution in [0.4, 0.5) is 0 Å². The molecular formula is C16H17BrO3. The molecule has 0 aromatic heterocycles. The largest absolute Gasteiger partial charge is 0.497 e. The van der Waals surface area contributed by atoms with Gasteiger partial charge in [-0.3, -0.25) is 0 Å². The number of alkyl halides is 1. The summed E-state index contributed by atoms with van der Waals surface area (Å²) in [7, 11) is 1.68. The van der Waals surface area contributed by atoms with E-state index in [1.165, 1.54) is 0 Å². The molecule has 0 N–H and O–H groups in total. The first-order valence-electron chi connectivity index (χ1n) is 6.66. The Bertz CT molecular complexity index is 618. The van der Waals surface area contributed by atoms with Gasteiger partial charge in [-0.15, -0.1) is 0 Å². The lowest BCUT2D eigenvalue weighted by Crippen LogP contribution is -2.35. The molecule has 0 radical (unpaired) electrons. The maximum absolute atomic E-state index is 5.89. The van der Waals surface area contributed by atoms with E-state index in [4.69, 9.17) is 14.2 Å². The Morgan fingerprint density at radius 1 is 1.10 bits per heavy atom. The fourth-order valence-electron chi connectivity index (χ4n) is 2.62. The van der Waals surface area contributed by atoms with E-state index in [0.29, 0.717) is 13.2 Å². The summed E-state index contributed by atoms with van der Waals surface area (Å²) in [4.78, 5) is 0.0770. The summed E-state index contributed by atoms with van der Waals surface area (Å²) in [6, 6.07) is 12.3. The van der Waals surface area contributed by atoms with E-state index in [-0.39, 0.29) is 4.83 Å². The molecule has 2 aromatic carbocycles. The van der Waals surface area contributed by atoms with Gasteiger partial charge in [-0.1, -0.05) is 34.1 Å². The van der Waals surface area contributed by atoms with Gasteiger partial charge < -0.3 is 14.2 Å². The topological polar surface area (TPSA) is 27.7 Å². The molecule has 0 amide bonds. The van der Waals surface area contributed by atoms with Crippen LogP contribution >= 0.6 is 15.9 Å². The second kappa shape index (κ2) is 5.35.